The van der Waals surface area contributed by atoms with Crippen LogP contribution in [0.1, 0.15) is 20.3 Å². The lowest BCUT2D eigenvalue weighted by atomic mass is 10.3. The molecule has 0 aromatic heterocycles. The molecule has 0 amide bonds. The molecule has 4 nitrogen and oxygen atoms in total. The largest absolute Gasteiger partial charge is 0.315 e. The van der Waals surface area contributed by atoms with Crippen molar-refractivity contribution in [2.45, 2.75) is 36.1 Å². The average molecular weight is 303 g/mol. The summed E-state index contributed by atoms with van der Waals surface area (Å²) < 4.78 is 34.7. The normalized spacial score (nSPS) is 15.1. The molecule has 19 heavy (non-hydrogen) atoms. The molecule has 0 spiro atoms. The van der Waals surface area contributed by atoms with E-state index in [0.717, 1.165) is 19.2 Å². The fourth-order valence-corrected chi connectivity index (χ4v) is 3.56. The van der Waals surface area contributed by atoms with Crippen LogP contribution in [0.4, 0.5) is 0 Å². The summed E-state index contributed by atoms with van der Waals surface area (Å²) in [6, 6.07) is 6.62. The van der Waals surface area contributed by atoms with Gasteiger partial charge in [-0.2, -0.15) is 0 Å². The zero-order valence-electron chi connectivity index (χ0n) is 11.5. The Morgan fingerprint density at radius 3 is 2.32 bits per heavy atom. The minimum absolute atomic E-state index is 0.259. The molecule has 1 aromatic carbocycles. The van der Waals surface area contributed by atoms with Gasteiger partial charge in [0.1, 0.15) is 0 Å². The molecule has 1 N–H and O–H groups in total. The van der Waals surface area contributed by atoms with Gasteiger partial charge >= 0.3 is 0 Å². The van der Waals surface area contributed by atoms with Crippen LogP contribution < -0.4 is 5.32 Å². The molecule has 0 fully saturated rings. The van der Waals surface area contributed by atoms with E-state index in [4.69, 9.17) is 0 Å². The lowest BCUT2D eigenvalue weighted by molar-refractivity contribution is 0.553. The van der Waals surface area contributed by atoms with Gasteiger partial charge in [0.25, 0.3) is 0 Å². The maximum atomic E-state index is 12.0. The number of benzene rings is 1. The predicted octanol–water partition coefficient (Wildman–Crippen LogP) is 1.59. The lowest BCUT2D eigenvalue weighted by Gasteiger charge is -2.11. The first-order chi connectivity index (χ1) is 8.84. The van der Waals surface area contributed by atoms with Crippen LogP contribution >= 0.6 is 0 Å². The van der Waals surface area contributed by atoms with Crippen LogP contribution in [-0.2, 0) is 20.6 Å². The van der Waals surface area contributed by atoms with Crippen molar-refractivity contribution in [3.8, 4) is 0 Å². The summed E-state index contributed by atoms with van der Waals surface area (Å²) in [5, 5.41) is 3.27. The Bertz CT molecular complexity index is 523. The van der Waals surface area contributed by atoms with E-state index in [0.29, 0.717) is 16.7 Å². The Balaban J connectivity index is 2.64. The van der Waals surface area contributed by atoms with E-state index in [1.165, 1.54) is 12.1 Å². The number of rotatable bonds is 7. The van der Waals surface area contributed by atoms with Crippen molar-refractivity contribution < 1.29 is 12.6 Å². The van der Waals surface area contributed by atoms with E-state index >= 15 is 0 Å². The van der Waals surface area contributed by atoms with E-state index in [2.05, 4.69) is 12.2 Å². The van der Waals surface area contributed by atoms with Crippen LogP contribution in [0.25, 0.3) is 0 Å². The van der Waals surface area contributed by atoms with Crippen molar-refractivity contribution in [2.24, 2.45) is 0 Å². The van der Waals surface area contributed by atoms with Crippen LogP contribution in [0, 0.1) is 0 Å². The van der Waals surface area contributed by atoms with Crippen LogP contribution in [0.5, 0.6) is 0 Å². The predicted molar refractivity (Wildman–Crippen MR) is 78.6 cm³/mol. The molecule has 0 bridgehead atoms. The van der Waals surface area contributed by atoms with Gasteiger partial charge in [-0.3, -0.25) is 4.21 Å². The van der Waals surface area contributed by atoms with Crippen molar-refractivity contribution in [3.05, 3.63) is 24.3 Å². The van der Waals surface area contributed by atoms with Gasteiger partial charge < -0.3 is 5.32 Å². The van der Waals surface area contributed by atoms with Gasteiger partial charge in [0, 0.05) is 22.9 Å². The summed E-state index contributed by atoms with van der Waals surface area (Å²) >= 11 is 0. The Labute approximate surface area is 118 Å². The Morgan fingerprint density at radius 1 is 1.26 bits per heavy atom. The number of hydrogen-bond acceptors (Lipinski definition) is 4. The maximum absolute atomic E-state index is 12.0. The third-order valence-corrected chi connectivity index (χ3v) is 5.34. The van der Waals surface area contributed by atoms with Gasteiger partial charge in [0.15, 0.2) is 9.84 Å². The summed E-state index contributed by atoms with van der Waals surface area (Å²) in [5.74, 6) is 0.576. The average Bonchev–Trinajstić information content (AvgIpc) is 2.35. The fraction of sp³-hybridized carbons (Fsp3) is 0.538. The van der Waals surface area contributed by atoms with Gasteiger partial charge in [-0.1, -0.05) is 6.92 Å². The van der Waals surface area contributed by atoms with Crippen molar-refractivity contribution in [2.75, 3.05) is 18.6 Å². The van der Waals surface area contributed by atoms with Gasteiger partial charge in [0.2, 0.25) is 0 Å². The van der Waals surface area contributed by atoms with Gasteiger partial charge in [0.05, 0.1) is 15.7 Å². The summed E-state index contributed by atoms with van der Waals surface area (Å²) in [6.45, 7) is 5.00. The smallest absolute Gasteiger partial charge is 0.175 e. The molecule has 1 aromatic rings. The quantitative estimate of drug-likeness (QED) is 0.831. The van der Waals surface area contributed by atoms with Gasteiger partial charge in [-0.15, -0.1) is 0 Å². The fourth-order valence-electron chi connectivity index (χ4n) is 1.69. The highest BCUT2D eigenvalue weighted by Crippen LogP contribution is 2.14. The molecule has 2 unspecified atom stereocenters. The molecular weight excluding hydrogens is 282 g/mol. The minimum Gasteiger partial charge on any atom is -0.315 e. The van der Waals surface area contributed by atoms with E-state index in [1.54, 1.807) is 12.1 Å². The third-order valence-electron chi connectivity index (χ3n) is 2.80. The standard InChI is InChI=1S/C13H21NO3S2/c1-4-14-11(2)9-10-18(15)12-5-7-13(8-6-12)19(3,16)17/h5-8,11,14H,4,9-10H2,1-3H3. The van der Waals surface area contributed by atoms with Crippen LogP contribution in [0.15, 0.2) is 34.1 Å². The molecule has 0 aliphatic carbocycles. The molecule has 2 atom stereocenters. The topological polar surface area (TPSA) is 63.2 Å². The summed E-state index contributed by atoms with van der Waals surface area (Å²) in [4.78, 5) is 0.936. The van der Waals surface area contributed by atoms with E-state index in [-0.39, 0.29) is 4.90 Å². The second-order valence-electron chi connectivity index (χ2n) is 4.54. The molecule has 0 aliphatic rings. The lowest BCUT2D eigenvalue weighted by Crippen LogP contribution is -2.27. The summed E-state index contributed by atoms with van der Waals surface area (Å²) in [6.07, 6.45) is 1.99. The first kappa shape index (κ1) is 16.3. The van der Waals surface area contributed by atoms with E-state index < -0.39 is 20.6 Å². The minimum atomic E-state index is -3.19. The monoisotopic (exact) mass is 303 g/mol. The van der Waals surface area contributed by atoms with Crippen molar-refractivity contribution in [1.82, 2.24) is 5.32 Å². The molecule has 108 valence electrons. The van der Waals surface area contributed by atoms with E-state index in [9.17, 15) is 12.6 Å². The van der Waals surface area contributed by atoms with Crippen molar-refractivity contribution in [3.63, 3.8) is 0 Å². The Morgan fingerprint density at radius 2 is 1.84 bits per heavy atom. The second-order valence-corrected chi connectivity index (χ2v) is 8.13. The maximum Gasteiger partial charge on any atom is 0.175 e. The highest BCUT2D eigenvalue weighted by atomic mass is 32.2. The van der Waals surface area contributed by atoms with Crippen LogP contribution in [0.3, 0.4) is 0 Å². The van der Waals surface area contributed by atoms with Crippen LogP contribution in [0.2, 0.25) is 0 Å². The Hall–Kier alpha value is -0.720. The zero-order valence-corrected chi connectivity index (χ0v) is 13.2. The Kier molecular flexibility index (Phi) is 6.16. The molecule has 1 rings (SSSR count). The first-order valence-electron chi connectivity index (χ1n) is 6.26. The van der Waals surface area contributed by atoms with Crippen LogP contribution in [-0.4, -0.2) is 37.2 Å². The van der Waals surface area contributed by atoms with Crippen molar-refractivity contribution >= 4 is 20.6 Å². The molecule has 0 radical (unpaired) electrons. The molecule has 0 saturated heterocycles. The third kappa shape index (κ3) is 5.42. The highest BCUT2D eigenvalue weighted by Gasteiger charge is 2.10. The molecule has 6 heteroatoms. The number of sulfone groups is 1. The molecule has 0 saturated carbocycles. The van der Waals surface area contributed by atoms with Gasteiger partial charge in [-0.05, 0) is 44.2 Å². The molecule has 0 aliphatic heterocycles. The first-order valence-corrected chi connectivity index (χ1v) is 9.47. The number of nitrogens with one attached hydrogen (secondary N) is 1. The molecular formula is C13H21NO3S2. The SMILES string of the molecule is CCNC(C)CCS(=O)c1ccc(S(C)(=O)=O)cc1. The highest BCUT2D eigenvalue weighted by molar-refractivity contribution is 7.90. The number of hydrogen-bond donors (Lipinski definition) is 1. The second kappa shape index (κ2) is 7.17. The van der Waals surface area contributed by atoms with Crippen molar-refractivity contribution in [1.29, 1.82) is 0 Å². The summed E-state index contributed by atoms with van der Waals surface area (Å²) in [7, 11) is -4.26. The summed E-state index contributed by atoms with van der Waals surface area (Å²) in [5.41, 5.74) is 0. The molecule has 0 heterocycles. The zero-order chi connectivity index (χ0) is 14.5. The van der Waals surface area contributed by atoms with Gasteiger partial charge in [-0.25, -0.2) is 8.42 Å². The van der Waals surface area contributed by atoms with E-state index in [1.807, 2.05) is 6.92 Å².